The Hall–Kier alpha value is -4.56. The minimum Gasteiger partial charge on any atom is -0.484 e. The van der Waals surface area contributed by atoms with Crippen molar-refractivity contribution < 1.29 is 24.2 Å². The molecule has 0 heterocycles. The van der Waals surface area contributed by atoms with Crippen molar-refractivity contribution in [2.75, 3.05) is 20.1 Å². The number of rotatable bonds is 14. The molecule has 0 aliphatic carbocycles. The molecule has 0 saturated heterocycles. The summed E-state index contributed by atoms with van der Waals surface area (Å²) in [5, 5.41) is 15.9. The summed E-state index contributed by atoms with van der Waals surface area (Å²) in [6, 6.07) is 13.9. The van der Waals surface area contributed by atoms with E-state index < -0.39 is 17.5 Å². The molecule has 2 aromatic carbocycles. The standard InChI is InChI=1S/C23H22N6O5/c24-28-26-15-33-22-11-8-18(14-23(22)34-16-27-29-25)7-10-21(32)19(12-13-30)20(31)9-6-17-4-2-1-3-5-17/h1-11,14,19,30H,12-13,15-16H2/b9-6+,10-7+. The highest BCUT2D eigenvalue weighted by Crippen LogP contribution is 2.29. The summed E-state index contributed by atoms with van der Waals surface area (Å²) in [7, 11) is 0. The minimum atomic E-state index is -1.02. The Bertz CT molecular complexity index is 1140. The summed E-state index contributed by atoms with van der Waals surface area (Å²) < 4.78 is 10.7. The predicted octanol–water partition coefficient (Wildman–Crippen LogP) is 4.84. The molecule has 0 amide bonds. The van der Waals surface area contributed by atoms with E-state index >= 15 is 0 Å². The number of carbonyl (C=O) groups is 2. The van der Waals surface area contributed by atoms with Crippen LogP contribution in [0.2, 0.25) is 0 Å². The van der Waals surface area contributed by atoms with Crippen molar-refractivity contribution in [3.63, 3.8) is 0 Å². The molecule has 11 heteroatoms. The molecule has 0 spiro atoms. The highest BCUT2D eigenvalue weighted by atomic mass is 16.5. The molecule has 0 aliphatic rings. The second-order valence-corrected chi connectivity index (χ2v) is 6.66. The van der Waals surface area contributed by atoms with Gasteiger partial charge in [0, 0.05) is 16.4 Å². The van der Waals surface area contributed by atoms with E-state index in [2.05, 4.69) is 20.1 Å². The van der Waals surface area contributed by atoms with Gasteiger partial charge >= 0.3 is 0 Å². The van der Waals surface area contributed by atoms with Gasteiger partial charge in [-0.25, -0.2) is 0 Å². The van der Waals surface area contributed by atoms with Crippen LogP contribution in [0.5, 0.6) is 11.5 Å². The third kappa shape index (κ3) is 8.52. The van der Waals surface area contributed by atoms with Crippen LogP contribution in [0.15, 0.2) is 70.9 Å². The molecule has 0 aliphatic heterocycles. The molecule has 34 heavy (non-hydrogen) atoms. The molecule has 1 atom stereocenters. The van der Waals surface area contributed by atoms with Crippen molar-refractivity contribution in [3.8, 4) is 11.5 Å². The Kier molecular flexibility index (Phi) is 11.0. The van der Waals surface area contributed by atoms with Crippen molar-refractivity contribution >= 4 is 23.7 Å². The van der Waals surface area contributed by atoms with Gasteiger partial charge in [-0.2, -0.15) is 0 Å². The number of benzene rings is 2. The molecule has 0 fully saturated rings. The number of carbonyl (C=O) groups excluding carboxylic acids is 2. The lowest BCUT2D eigenvalue weighted by Crippen LogP contribution is -2.22. The summed E-state index contributed by atoms with van der Waals surface area (Å²) in [6.07, 6.45) is 5.68. The molecule has 1 N–H and O–H groups in total. The van der Waals surface area contributed by atoms with Gasteiger partial charge in [0.1, 0.15) is 0 Å². The summed E-state index contributed by atoms with van der Waals surface area (Å²) in [4.78, 5) is 30.4. The van der Waals surface area contributed by atoms with Gasteiger partial charge in [0.05, 0.1) is 5.92 Å². The van der Waals surface area contributed by atoms with E-state index in [9.17, 15) is 14.7 Å². The minimum absolute atomic E-state index is 0.00610. The Labute approximate surface area is 195 Å². The summed E-state index contributed by atoms with van der Waals surface area (Å²) >= 11 is 0. The topological polar surface area (TPSA) is 170 Å². The Morgan fingerprint density at radius 2 is 1.47 bits per heavy atom. The Morgan fingerprint density at radius 3 is 2.06 bits per heavy atom. The molecule has 11 nitrogen and oxygen atoms in total. The number of hydrogen-bond donors (Lipinski definition) is 1. The molecular weight excluding hydrogens is 440 g/mol. The summed E-state index contributed by atoms with van der Waals surface area (Å²) in [5.41, 5.74) is 18.2. The second kappa shape index (κ2) is 14.5. The number of hydrogen-bond acceptors (Lipinski definition) is 7. The van der Waals surface area contributed by atoms with Gasteiger partial charge in [-0.15, -0.1) is 0 Å². The van der Waals surface area contributed by atoms with Crippen molar-refractivity contribution in [3.05, 3.63) is 92.7 Å². The third-order valence-corrected chi connectivity index (χ3v) is 4.43. The quantitative estimate of drug-likeness (QED) is 0.139. The number of aliphatic hydroxyl groups is 1. The largest absolute Gasteiger partial charge is 0.484 e. The Balaban J connectivity index is 2.17. The third-order valence-electron chi connectivity index (χ3n) is 4.43. The SMILES string of the molecule is [N-]=[N+]=NCOc1ccc(/C=C/C(=O)C(CCO)C(=O)/C=C/c2ccccc2)cc1OCN=[N+]=[N-]. The maximum absolute atomic E-state index is 12.7. The van der Waals surface area contributed by atoms with E-state index in [1.165, 1.54) is 30.4 Å². The van der Waals surface area contributed by atoms with Crippen LogP contribution in [0.3, 0.4) is 0 Å². The monoisotopic (exact) mass is 462 g/mol. The van der Waals surface area contributed by atoms with Crippen LogP contribution in [0.25, 0.3) is 33.0 Å². The first kappa shape index (κ1) is 25.7. The van der Waals surface area contributed by atoms with Crippen molar-refractivity contribution in [2.45, 2.75) is 6.42 Å². The van der Waals surface area contributed by atoms with Crippen LogP contribution in [-0.4, -0.2) is 36.7 Å². The lowest BCUT2D eigenvalue weighted by molar-refractivity contribution is -0.128. The Morgan fingerprint density at radius 1 is 0.882 bits per heavy atom. The van der Waals surface area contributed by atoms with Crippen LogP contribution in [0.1, 0.15) is 17.5 Å². The van der Waals surface area contributed by atoms with Crippen LogP contribution in [0, 0.1) is 5.92 Å². The molecule has 2 aromatic rings. The molecule has 0 radical (unpaired) electrons. The van der Waals surface area contributed by atoms with E-state index in [1.54, 1.807) is 12.1 Å². The zero-order valence-electron chi connectivity index (χ0n) is 18.1. The second-order valence-electron chi connectivity index (χ2n) is 6.66. The van der Waals surface area contributed by atoms with Gasteiger partial charge in [0.15, 0.2) is 36.5 Å². The molecule has 0 saturated carbocycles. The maximum atomic E-state index is 12.7. The highest BCUT2D eigenvalue weighted by molar-refractivity contribution is 6.13. The first-order chi connectivity index (χ1) is 16.6. The van der Waals surface area contributed by atoms with Gasteiger partial charge in [0.2, 0.25) is 0 Å². The van der Waals surface area contributed by atoms with Crippen molar-refractivity contribution in [2.24, 2.45) is 16.1 Å². The molecule has 1 unspecified atom stereocenters. The number of ketones is 2. The molecule has 0 bridgehead atoms. The van der Waals surface area contributed by atoms with E-state index in [-0.39, 0.29) is 38.0 Å². The maximum Gasteiger partial charge on any atom is 0.167 e. The number of nitrogens with zero attached hydrogens (tertiary/aromatic N) is 6. The number of azide groups is 2. The van der Waals surface area contributed by atoms with Gasteiger partial charge in [-0.1, -0.05) is 58.8 Å². The van der Waals surface area contributed by atoms with Crippen molar-refractivity contribution in [1.82, 2.24) is 0 Å². The van der Waals surface area contributed by atoms with Gasteiger partial charge in [-0.3, -0.25) is 9.59 Å². The number of aliphatic hydroxyl groups excluding tert-OH is 1. The van der Waals surface area contributed by atoms with Crippen LogP contribution < -0.4 is 9.47 Å². The number of ether oxygens (including phenoxy) is 2. The average Bonchev–Trinajstić information content (AvgIpc) is 2.86. The van der Waals surface area contributed by atoms with E-state index in [4.69, 9.17) is 20.5 Å². The molecule has 2 rings (SSSR count). The smallest absolute Gasteiger partial charge is 0.167 e. The van der Waals surface area contributed by atoms with Crippen molar-refractivity contribution in [1.29, 1.82) is 0 Å². The normalized spacial score (nSPS) is 11.4. The van der Waals surface area contributed by atoms with E-state index in [1.807, 2.05) is 30.3 Å². The zero-order valence-corrected chi connectivity index (χ0v) is 18.1. The van der Waals surface area contributed by atoms with E-state index in [0.29, 0.717) is 5.56 Å². The van der Waals surface area contributed by atoms with Gasteiger partial charge in [0.25, 0.3) is 0 Å². The number of allylic oxidation sites excluding steroid dienone is 2. The first-order valence-corrected chi connectivity index (χ1v) is 10.1. The zero-order chi connectivity index (χ0) is 24.6. The predicted molar refractivity (Wildman–Crippen MR) is 125 cm³/mol. The highest BCUT2D eigenvalue weighted by Gasteiger charge is 2.22. The fourth-order valence-corrected chi connectivity index (χ4v) is 2.82. The molecular formula is C23H22N6O5. The summed E-state index contributed by atoms with van der Waals surface area (Å²) in [5.74, 6) is -1.45. The average molecular weight is 462 g/mol. The first-order valence-electron chi connectivity index (χ1n) is 10.1. The fourth-order valence-electron chi connectivity index (χ4n) is 2.82. The van der Waals surface area contributed by atoms with Gasteiger partial charge < -0.3 is 14.6 Å². The lowest BCUT2D eigenvalue weighted by atomic mass is 9.94. The summed E-state index contributed by atoms with van der Waals surface area (Å²) in [6.45, 7) is -0.894. The fraction of sp³-hybridized carbons (Fsp3) is 0.217. The molecule has 174 valence electrons. The van der Waals surface area contributed by atoms with Crippen LogP contribution in [0.4, 0.5) is 0 Å². The van der Waals surface area contributed by atoms with Crippen LogP contribution in [-0.2, 0) is 9.59 Å². The lowest BCUT2D eigenvalue weighted by Gasteiger charge is -2.11. The van der Waals surface area contributed by atoms with E-state index in [0.717, 1.165) is 5.56 Å². The van der Waals surface area contributed by atoms with Gasteiger partial charge in [-0.05, 0) is 52.9 Å². The molecule has 0 aromatic heterocycles. The van der Waals surface area contributed by atoms with Crippen LogP contribution >= 0.6 is 0 Å².